The van der Waals surface area contributed by atoms with Crippen LogP contribution < -0.4 is 0 Å². The number of nitrogens with zero attached hydrogens (tertiary/aromatic N) is 2. The van der Waals surface area contributed by atoms with Gasteiger partial charge in [0.25, 0.3) is 0 Å². The normalized spacial score (nSPS) is 15.8. The van der Waals surface area contributed by atoms with E-state index in [9.17, 15) is 31.2 Å². The van der Waals surface area contributed by atoms with Gasteiger partial charge < -0.3 is 4.90 Å². The molecule has 2 heterocycles. The molecule has 1 saturated heterocycles. The molecule has 0 N–H and O–H groups in total. The maximum Gasteiger partial charge on any atom is 0.416 e. The zero-order valence-electron chi connectivity index (χ0n) is 16.1. The van der Waals surface area contributed by atoms with E-state index in [1.54, 1.807) is 12.1 Å². The third kappa shape index (κ3) is 5.65. The molecule has 2 aromatic rings. The van der Waals surface area contributed by atoms with Crippen LogP contribution >= 0.6 is 22.9 Å². The smallest absolute Gasteiger partial charge is 0.340 e. The van der Waals surface area contributed by atoms with Crippen LogP contribution in [0.25, 0.3) is 0 Å². The lowest BCUT2D eigenvalue weighted by molar-refractivity contribution is -0.137. The van der Waals surface area contributed by atoms with Crippen molar-refractivity contribution >= 4 is 44.7 Å². The van der Waals surface area contributed by atoms with Crippen LogP contribution in [0.5, 0.6) is 0 Å². The number of hydrogen-bond donors (Lipinski definition) is 0. The van der Waals surface area contributed by atoms with Gasteiger partial charge in [-0.2, -0.15) is 17.5 Å². The van der Waals surface area contributed by atoms with Crippen molar-refractivity contribution in [3.8, 4) is 0 Å². The third-order valence-corrected chi connectivity index (χ3v) is 7.97. The zero-order valence-corrected chi connectivity index (χ0v) is 18.5. The monoisotopic (exact) mass is 494 g/mol. The summed E-state index contributed by atoms with van der Waals surface area (Å²) in [4.78, 5) is 26.0. The fraction of sp³-hybridized carbons (Fsp3) is 0.368. The number of piperazine rings is 1. The number of carbonyl (C=O) groups excluding carboxylic acids is 2. The molecule has 0 bridgehead atoms. The number of ketones is 1. The number of alkyl halides is 3. The van der Waals surface area contributed by atoms with Gasteiger partial charge in [-0.25, -0.2) is 8.42 Å². The molecule has 1 aromatic carbocycles. The lowest BCUT2D eigenvalue weighted by atomic mass is 10.1. The lowest BCUT2D eigenvalue weighted by Gasteiger charge is -2.34. The van der Waals surface area contributed by atoms with Crippen LogP contribution in [0.4, 0.5) is 13.2 Å². The van der Waals surface area contributed by atoms with Gasteiger partial charge in [0.15, 0.2) is 5.78 Å². The molecule has 168 valence electrons. The second kappa shape index (κ2) is 9.27. The summed E-state index contributed by atoms with van der Waals surface area (Å²) in [6, 6.07) is 6.77. The van der Waals surface area contributed by atoms with Crippen molar-refractivity contribution in [3.05, 3.63) is 51.2 Å². The summed E-state index contributed by atoms with van der Waals surface area (Å²) in [5, 5.41) is 0. The Morgan fingerprint density at radius 1 is 1.03 bits per heavy atom. The fourth-order valence-corrected chi connectivity index (χ4v) is 5.60. The van der Waals surface area contributed by atoms with Gasteiger partial charge in [0, 0.05) is 39.0 Å². The van der Waals surface area contributed by atoms with Crippen LogP contribution in [0.2, 0.25) is 4.34 Å². The van der Waals surface area contributed by atoms with Crippen molar-refractivity contribution in [2.75, 3.05) is 26.2 Å². The Bertz CT molecular complexity index is 1080. The average Bonchev–Trinajstić information content (AvgIpc) is 3.17. The van der Waals surface area contributed by atoms with Crippen molar-refractivity contribution in [2.45, 2.75) is 23.9 Å². The first-order valence-electron chi connectivity index (χ1n) is 9.22. The van der Waals surface area contributed by atoms with E-state index in [4.69, 9.17) is 11.6 Å². The van der Waals surface area contributed by atoms with Crippen molar-refractivity contribution in [3.63, 3.8) is 0 Å². The molecule has 31 heavy (non-hydrogen) atoms. The Morgan fingerprint density at radius 2 is 1.71 bits per heavy atom. The number of sulfonamides is 1. The molecule has 0 aliphatic carbocycles. The first kappa shape index (κ1) is 23.7. The molecule has 0 atom stereocenters. The Morgan fingerprint density at radius 3 is 2.29 bits per heavy atom. The van der Waals surface area contributed by atoms with Gasteiger partial charge in [-0.1, -0.05) is 17.7 Å². The molecule has 0 radical (unpaired) electrons. The summed E-state index contributed by atoms with van der Waals surface area (Å²) in [6.45, 7) is 0.101. The molecule has 0 unspecified atom stereocenters. The molecule has 0 saturated carbocycles. The highest BCUT2D eigenvalue weighted by molar-refractivity contribution is 7.89. The predicted octanol–water partition coefficient (Wildman–Crippen LogP) is 3.92. The van der Waals surface area contributed by atoms with E-state index < -0.39 is 26.7 Å². The van der Waals surface area contributed by atoms with Crippen LogP contribution in [0.1, 0.15) is 28.1 Å². The minimum Gasteiger partial charge on any atom is -0.340 e. The Labute approximate surface area is 186 Å². The van der Waals surface area contributed by atoms with Gasteiger partial charge in [-0.05, 0) is 30.3 Å². The van der Waals surface area contributed by atoms with Crippen molar-refractivity contribution in [1.29, 1.82) is 0 Å². The van der Waals surface area contributed by atoms with Crippen molar-refractivity contribution < 1.29 is 31.2 Å². The average molecular weight is 495 g/mol. The fourth-order valence-electron chi connectivity index (χ4n) is 3.13. The zero-order chi connectivity index (χ0) is 22.8. The second-order valence-electron chi connectivity index (χ2n) is 6.84. The van der Waals surface area contributed by atoms with E-state index in [0.29, 0.717) is 15.3 Å². The maximum absolute atomic E-state index is 12.9. The molecule has 1 amide bonds. The Balaban J connectivity index is 1.57. The van der Waals surface area contributed by atoms with Gasteiger partial charge in [0.2, 0.25) is 15.9 Å². The molecule has 3 rings (SSSR count). The van der Waals surface area contributed by atoms with E-state index in [1.165, 1.54) is 4.90 Å². The molecule has 12 heteroatoms. The number of benzene rings is 1. The maximum atomic E-state index is 12.9. The minimum atomic E-state index is -4.65. The van der Waals surface area contributed by atoms with Crippen LogP contribution in [0.15, 0.2) is 41.3 Å². The first-order valence-corrected chi connectivity index (χ1v) is 11.9. The van der Waals surface area contributed by atoms with Gasteiger partial charge in [-0.3, -0.25) is 9.59 Å². The van der Waals surface area contributed by atoms with Crippen molar-refractivity contribution in [2.24, 2.45) is 0 Å². The standard InChI is InChI=1S/C19H18ClF3N2O4S2/c20-17-6-5-16(30-17)15(26)4-7-18(27)24-8-10-25(11-9-24)31(28,29)14-3-1-2-13(12-14)19(21,22)23/h1-3,5-6,12H,4,7-11H2. The van der Waals surface area contributed by atoms with Gasteiger partial charge in [0.05, 0.1) is 19.7 Å². The van der Waals surface area contributed by atoms with Crippen LogP contribution in [0.3, 0.4) is 0 Å². The largest absolute Gasteiger partial charge is 0.416 e. The van der Waals surface area contributed by atoms with Gasteiger partial charge in [0.1, 0.15) is 0 Å². The van der Waals surface area contributed by atoms with E-state index in [0.717, 1.165) is 33.8 Å². The predicted molar refractivity (Wildman–Crippen MR) is 110 cm³/mol. The number of halogens is 4. The van der Waals surface area contributed by atoms with E-state index in [1.807, 2.05) is 0 Å². The second-order valence-corrected chi connectivity index (χ2v) is 10.5. The summed E-state index contributed by atoms with van der Waals surface area (Å²) >= 11 is 6.93. The van der Waals surface area contributed by atoms with Gasteiger partial charge in [-0.15, -0.1) is 11.3 Å². The molecule has 1 aromatic heterocycles. The highest BCUT2D eigenvalue weighted by Gasteiger charge is 2.34. The topological polar surface area (TPSA) is 74.8 Å². The van der Waals surface area contributed by atoms with Gasteiger partial charge >= 0.3 is 6.18 Å². The first-order chi connectivity index (χ1) is 14.5. The van der Waals surface area contributed by atoms with Crippen molar-refractivity contribution in [1.82, 2.24) is 9.21 Å². The lowest BCUT2D eigenvalue weighted by Crippen LogP contribution is -2.50. The molecular weight excluding hydrogens is 477 g/mol. The minimum absolute atomic E-state index is 0.0123. The summed E-state index contributed by atoms with van der Waals surface area (Å²) in [7, 11) is -4.12. The number of rotatable bonds is 6. The Kier molecular flexibility index (Phi) is 7.09. The summed E-state index contributed by atoms with van der Waals surface area (Å²) < 4.78 is 65.7. The van der Waals surface area contributed by atoms with Crippen LogP contribution in [-0.2, 0) is 21.0 Å². The molecular formula is C19H18ClF3N2O4S2. The Hall–Kier alpha value is -1.95. The molecule has 1 aliphatic rings. The summed E-state index contributed by atoms with van der Waals surface area (Å²) in [6.07, 6.45) is -4.66. The number of amides is 1. The van der Waals surface area contributed by atoms with E-state index >= 15 is 0 Å². The molecule has 1 aliphatic heterocycles. The van der Waals surface area contributed by atoms with Crippen LogP contribution in [0, 0.1) is 0 Å². The van der Waals surface area contributed by atoms with E-state index in [-0.39, 0.29) is 50.7 Å². The highest BCUT2D eigenvalue weighted by Crippen LogP contribution is 2.31. The molecule has 0 spiro atoms. The summed E-state index contributed by atoms with van der Waals surface area (Å²) in [5.41, 5.74) is -1.04. The van der Waals surface area contributed by atoms with Crippen LogP contribution in [-0.4, -0.2) is 55.5 Å². The number of thiophene rings is 1. The van der Waals surface area contributed by atoms with E-state index in [2.05, 4.69) is 0 Å². The highest BCUT2D eigenvalue weighted by atomic mass is 35.5. The molecule has 6 nitrogen and oxygen atoms in total. The number of carbonyl (C=O) groups is 2. The molecule has 1 fully saturated rings. The quantitative estimate of drug-likeness (QED) is 0.570. The number of Topliss-reactive ketones (excluding diaryl/α,β-unsaturated/α-hetero) is 1. The summed E-state index contributed by atoms with van der Waals surface area (Å²) in [5.74, 6) is -0.483. The number of hydrogen-bond acceptors (Lipinski definition) is 5. The third-order valence-electron chi connectivity index (χ3n) is 4.80. The SMILES string of the molecule is O=C(CCC(=O)N1CCN(S(=O)(=O)c2cccc(C(F)(F)F)c2)CC1)c1ccc(Cl)s1.